The molecule has 84 valence electrons. The molecule has 0 spiro atoms. The zero-order valence-corrected chi connectivity index (χ0v) is 9.78. The van der Waals surface area contributed by atoms with Crippen LogP contribution in [0.2, 0.25) is 0 Å². The van der Waals surface area contributed by atoms with E-state index in [1.54, 1.807) is 7.11 Å². The van der Waals surface area contributed by atoms with Crippen LogP contribution in [0.4, 0.5) is 0 Å². The summed E-state index contributed by atoms with van der Waals surface area (Å²) in [5, 5.41) is 0. The monoisotopic (exact) mass is 214 g/mol. The van der Waals surface area contributed by atoms with Crippen LogP contribution in [0.5, 0.6) is 5.75 Å². The Hall–Kier alpha value is -1.24. The fourth-order valence-electron chi connectivity index (χ4n) is 3.16. The van der Waals surface area contributed by atoms with Gasteiger partial charge in [0.15, 0.2) is 0 Å². The molecule has 1 aromatic carbocycles. The first kappa shape index (κ1) is 9.95. The topological polar surface area (TPSA) is 9.23 Å². The van der Waals surface area contributed by atoms with Gasteiger partial charge >= 0.3 is 0 Å². The molecule has 2 aliphatic carbocycles. The van der Waals surface area contributed by atoms with E-state index in [9.17, 15) is 0 Å². The van der Waals surface area contributed by atoms with Crippen LogP contribution < -0.4 is 4.74 Å². The second-order valence-electron chi connectivity index (χ2n) is 4.91. The molecule has 16 heavy (non-hydrogen) atoms. The van der Waals surface area contributed by atoms with Crippen molar-refractivity contribution in [1.82, 2.24) is 0 Å². The van der Waals surface area contributed by atoms with Crippen LogP contribution >= 0.6 is 0 Å². The van der Waals surface area contributed by atoms with E-state index in [-0.39, 0.29) is 0 Å². The van der Waals surface area contributed by atoms with Crippen molar-refractivity contribution in [1.29, 1.82) is 0 Å². The Morgan fingerprint density at radius 3 is 2.94 bits per heavy atom. The summed E-state index contributed by atoms with van der Waals surface area (Å²) in [6, 6.07) is 6.49. The molecule has 1 heteroatoms. The Morgan fingerprint density at radius 1 is 1.19 bits per heavy atom. The van der Waals surface area contributed by atoms with Crippen molar-refractivity contribution in [2.45, 2.75) is 31.6 Å². The van der Waals surface area contributed by atoms with Crippen LogP contribution in [0.25, 0.3) is 6.08 Å². The number of ether oxygens (including phenoxy) is 1. The third-order valence-electron chi connectivity index (χ3n) is 4.04. The Kier molecular flexibility index (Phi) is 2.47. The van der Waals surface area contributed by atoms with Gasteiger partial charge in [-0.25, -0.2) is 0 Å². The molecule has 3 rings (SSSR count). The van der Waals surface area contributed by atoms with Crippen molar-refractivity contribution in [3.05, 3.63) is 35.4 Å². The summed E-state index contributed by atoms with van der Waals surface area (Å²) in [6.45, 7) is 0. The minimum absolute atomic E-state index is 0.740. The molecule has 1 fully saturated rings. The van der Waals surface area contributed by atoms with Gasteiger partial charge in [0.1, 0.15) is 5.75 Å². The maximum atomic E-state index is 5.34. The number of rotatable bonds is 1. The summed E-state index contributed by atoms with van der Waals surface area (Å²) < 4.78 is 5.34. The molecule has 0 aliphatic heterocycles. The maximum absolute atomic E-state index is 5.34. The van der Waals surface area contributed by atoms with E-state index in [2.05, 4.69) is 30.4 Å². The second-order valence-corrected chi connectivity index (χ2v) is 4.91. The summed E-state index contributed by atoms with van der Waals surface area (Å²) in [7, 11) is 1.75. The van der Waals surface area contributed by atoms with Gasteiger partial charge in [0.2, 0.25) is 0 Å². The molecule has 1 nitrogen and oxygen atoms in total. The average Bonchev–Trinajstić information content (AvgIpc) is 2.38. The van der Waals surface area contributed by atoms with E-state index < -0.39 is 0 Å². The van der Waals surface area contributed by atoms with Crippen molar-refractivity contribution >= 4 is 6.08 Å². The normalized spacial score (nSPS) is 27.1. The van der Waals surface area contributed by atoms with E-state index in [4.69, 9.17) is 4.74 Å². The highest BCUT2D eigenvalue weighted by Crippen LogP contribution is 2.44. The van der Waals surface area contributed by atoms with Gasteiger partial charge in [0.25, 0.3) is 0 Å². The predicted octanol–water partition coefficient (Wildman–Crippen LogP) is 4.00. The average molecular weight is 214 g/mol. The van der Waals surface area contributed by atoms with Crippen LogP contribution in [0.15, 0.2) is 24.3 Å². The summed E-state index contributed by atoms with van der Waals surface area (Å²) >= 11 is 0. The highest BCUT2D eigenvalue weighted by molar-refractivity contribution is 5.60. The van der Waals surface area contributed by atoms with Gasteiger partial charge in [-0.1, -0.05) is 31.1 Å². The predicted molar refractivity (Wildman–Crippen MR) is 66.7 cm³/mol. The van der Waals surface area contributed by atoms with E-state index in [1.165, 1.54) is 36.8 Å². The molecule has 1 aromatic rings. The molecule has 0 saturated heterocycles. The molecule has 2 aliphatic rings. The molecular formula is C15H18O. The lowest BCUT2D eigenvalue weighted by atomic mass is 9.71. The van der Waals surface area contributed by atoms with Crippen LogP contribution in [0.1, 0.15) is 42.7 Å². The van der Waals surface area contributed by atoms with Crippen molar-refractivity contribution < 1.29 is 4.74 Å². The highest BCUT2D eigenvalue weighted by Gasteiger charge is 2.28. The molecule has 0 aromatic heterocycles. The summed E-state index contributed by atoms with van der Waals surface area (Å²) in [4.78, 5) is 0. The number of fused-ring (bicyclic) bond motifs is 3. The van der Waals surface area contributed by atoms with Gasteiger partial charge in [-0.3, -0.25) is 0 Å². The van der Waals surface area contributed by atoms with E-state index in [0.29, 0.717) is 0 Å². The summed E-state index contributed by atoms with van der Waals surface area (Å²) in [5.41, 5.74) is 2.90. The van der Waals surface area contributed by atoms with Crippen molar-refractivity contribution in [2.24, 2.45) is 5.92 Å². The summed E-state index contributed by atoms with van der Waals surface area (Å²) in [5.74, 6) is 2.51. The van der Waals surface area contributed by atoms with Gasteiger partial charge < -0.3 is 4.74 Å². The van der Waals surface area contributed by atoms with Gasteiger partial charge in [-0.2, -0.15) is 0 Å². The molecular weight excluding hydrogens is 196 g/mol. The number of hydrogen-bond acceptors (Lipinski definition) is 1. The first-order valence-electron chi connectivity index (χ1n) is 6.24. The number of hydrogen-bond donors (Lipinski definition) is 0. The number of methoxy groups -OCH3 is 1. The fraction of sp³-hybridized carbons (Fsp3) is 0.467. The zero-order valence-electron chi connectivity index (χ0n) is 9.78. The van der Waals surface area contributed by atoms with E-state index >= 15 is 0 Å². The van der Waals surface area contributed by atoms with E-state index in [1.807, 2.05) is 0 Å². The first-order chi connectivity index (χ1) is 7.88. The Labute approximate surface area is 97.1 Å². The SMILES string of the molecule is COc1ccc2c(c1)C1CCCCC1C=C2. The molecule has 0 amide bonds. The highest BCUT2D eigenvalue weighted by atomic mass is 16.5. The van der Waals surface area contributed by atoms with E-state index in [0.717, 1.165) is 17.6 Å². The lowest BCUT2D eigenvalue weighted by Gasteiger charge is -2.33. The molecule has 0 bridgehead atoms. The van der Waals surface area contributed by atoms with Crippen molar-refractivity contribution in [3.63, 3.8) is 0 Å². The van der Waals surface area contributed by atoms with Crippen LogP contribution in [0, 0.1) is 5.92 Å². The van der Waals surface area contributed by atoms with Crippen LogP contribution in [0.3, 0.4) is 0 Å². The second kappa shape index (κ2) is 3.97. The molecule has 1 saturated carbocycles. The third kappa shape index (κ3) is 1.55. The zero-order chi connectivity index (χ0) is 11.0. The number of allylic oxidation sites excluding steroid dienone is 1. The minimum atomic E-state index is 0.740. The quantitative estimate of drug-likeness (QED) is 0.686. The van der Waals surface area contributed by atoms with Gasteiger partial charge in [0, 0.05) is 0 Å². The Bertz CT molecular complexity index is 419. The lowest BCUT2D eigenvalue weighted by Crippen LogP contribution is -2.19. The Morgan fingerprint density at radius 2 is 2.06 bits per heavy atom. The summed E-state index contributed by atoms with van der Waals surface area (Å²) in [6.07, 6.45) is 10.2. The standard InChI is InChI=1S/C15H18O/c1-16-13-9-8-12-7-6-11-4-2-3-5-14(11)15(12)10-13/h6-11,14H,2-5H2,1H3. The van der Waals surface area contributed by atoms with Crippen molar-refractivity contribution in [3.8, 4) is 5.75 Å². The first-order valence-corrected chi connectivity index (χ1v) is 6.24. The smallest absolute Gasteiger partial charge is 0.119 e. The van der Waals surface area contributed by atoms with Gasteiger partial charge in [-0.05, 0) is 47.9 Å². The van der Waals surface area contributed by atoms with Gasteiger partial charge in [0.05, 0.1) is 7.11 Å². The fourth-order valence-corrected chi connectivity index (χ4v) is 3.16. The minimum Gasteiger partial charge on any atom is -0.497 e. The van der Waals surface area contributed by atoms with Crippen LogP contribution in [-0.2, 0) is 0 Å². The third-order valence-corrected chi connectivity index (χ3v) is 4.04. The molecule has 0 radical (unpaired) electrons. The molecule has 0 heterocycles. The van der Waals surface area contributed by atoms with Crippen molar-refractivity contribution in [2.75, 3.05) is 7.11 Å². The largest absolute Gasteiger partial charge is 0.497 e. The van der Waals surface area contributed by atoms with Gasteiger partial charge in [-0.15, -0.1) is 0 Å². The number of benzene rings is 1. The van der Waals surface area contributed by atoms with Crippen LogP contribution in [-0.4, -0.2) is 7.11 Å². The molecule has 2 atom stereocenters. The lowest BCUT2D eigenvalue weighted by molar-refractivity contribution is 0.357. The molecule has 2 unspecified atom stereocenters. The maximum Gasteiger partial charge on any atom is 0.119 e. The Balaban J connectivity index is 2.03. The molecule has 0 N–H and O–H groups in total.